The molecule has 0 saturated carbocycles. The van der Waals surface area contributed by atoms with Crippen molar-refractivity contribution in [3.05, 3.63) is 56.4 Å². The number of thiocarbonyl (C=S) groups is 1. The number of halogens is 3. The lowest BCUT2D eigenvalue weighted by molar-refractivity contribution is -0.122. The van der Waals surface area contributed by atoms with Crippen LogP contribution in [0.2, 0.25) is 10.0 Å². The Balaban J connectivity index is 2.04. The summed E-state index contributed by atoms with van der Waals surface area (Å²) in [5.41, 5.74) is 0.194. The molecule has 1 aliphatic rings. The molecule has 0 atom stereocenters. The molecule has 2 aromatic rings. The SMILES string of the molecule is O=C1NC(=S)N(c2ccc(Cl)cc2Cl)C(=O)/C1=C/c1ccc(Br)o1. The van der Waals surface area contributed by atoms with Crippen LogP contribution in [0.3, 0.4) is 0 Å². The van der Waals surface area contributed by atoms with E-state index >= 15 is 0 Å². The maximum absolute atomic E-state index is 12.8. The molecule has 1 N–H and O–H groups in total. The van der Waals surface area contributed by atoms with Gasteiger partial charge in [0.15, 0.2) is 9.78 Å². The van der Waals surface area contributed by atoms with E-state index in [0.29, 0.717) is 21.1 Å². The van der Waals surface area contributed by atoms with Crippen LogP contribution in [0.4, 0.5) is 5.69 Å². The fourth-order valence-corrected chi connectivity index (χ4v) is 3.17. The molecule has 0 spiro atoms. The highest BCUT2D eigenvalue weighted by atomic mass is 79.9. The minimum Gasteiger partial charge on any atom is -0.450 e. The molecule has 0 bridgehead atoms. The molecule has 0 radical (unpaired) electrons. The topological polar surface area (TPSA) is 62.6 Å². The minimum atomic E-state index is -0.612. The van der Waals surface area contributed by atoms with E-state index in [1.165, 1.54) is 12.1 Å². The first-order valence-electron chi connectivity index (χ1n) is 6.48. The average Bonchev–Trinajstić information content (AvgIpc) is 2.91. The molecule has 24 heavy (non-hydrogen) atoms. The van der Waals surface area contributed by atoms with E-state index in [0.717, 1.165) is 4.90 Å². The standard InChI is InChI=1S/C15H7BrCl2N2O3S/c16-12-4-2-8(23-12)6-9-13(21)19-15(24)20(14(9)22)11-3-1-7(17)5-10(11)18/h1-6H,(H,19,21,24)/b9-6+. The fraction of sp³-hybridized carbons (Fsp3) is 0. The molecule has 3 rings (SSSR count). The summed E-state index contributed by atoms with van der Waals surface area (Å²) >= 11 is 20.3. The minimum absolute atomic E-state index is 0.0630. The Labute approximate surface area is 160 Å². The highest BCUT2D eigenvalue weighted by Gasteiger charge is 2.35. The molecule has 2 amide bonds. The first-order valence-corrected chi connectivity index (χ1v) is 8.44. The highest BCUT2D eigenvalue weighted by Crippen LogP contribution is 2.31. The molecule has 122 valence electrons. The van der Waals surface area contributed by atoms with E-state index in [9.17, 15) is 9.59 Å². The predicted molar refractivity (Wildman–Crippen MR) is 99.1 cm³/mol. The van der Waals surface area contributed by atoms with Gasteiger partial charge in [0.1, 0.15) is 11.3 Å². The van der Waals surface area contributed by atoms with Crippen LogP contribution in [0.25, 0.3) is 6.08 Å². The zero-order valence-corrected chi connectivity index (χ0v) is 15.6. The molecule has 2 heterocycles. The number of hydrogen-bond donors (Lipinski definition) is 1. The van der Waals surface area contributed by atoms with Crippen molar-refractivity contribution in [3.8, 4) is 0 Å². The van der Waals surface area contributed by atoms with Crippen molar-refractivity contribution in [1.82, 2.24) is 5.32 Å². The number of nitrogens with one attached hydrogen (secondary N) is 1. The van der Waals surface area contributed by atoms with Gasteiger partial charge in [0.25, 0.3) is 11.8 Å². The Morgan fingerprint density at radius 1 is 1.21 bits per heavy atom. The fourth-order valence-electron chi connectivity index (χ4n) is 2.09. The Morgan fingerprint density at radius 3 is 2.58 bits per heavy atom. The quantitative estimate of drug-likeness (QED) is 0.428. The summed E-state index contributed by atoms with van der Waals surface area (Å²) in [6.07, 6.45) is 1.33. The van der Waals surface area contributed by atoms with Crippen molar-refractivity contribution in [2.24, 2.45) is 0 Å². The van der Waals surface area contributed by atoms with Crippen molar-refractivity contribution in [2.45, 2.75) is 0 Å². The van der Waals surface area contributed by atoms with Crippen molar-refractivity contribution in [2.75, 3.05) is 4.90 Å². The normalized spacial score (nSPS) is 16.7. The van der Waals surface area contributed by atoms with Crippen molar-refractivity contribution in [3.63, 3.8) is 0 Å². The molecule has 0 aliphatic carbocycles. The number of carbonyl (C=O) groups is 2. The third-order valence-electron chi connectivity index (χ3n) is 3.13. The second kappa shape index (κ2) is 6.68. The zero-order chi connectivity index (χ0) is 17.4. The summed E-state index contributed by atoms with van der Waals surface area (Å²) in [4.78, 5) is 26.0. The van der Waals surface area contributed by atoms with Crippen LogP contribution in [0.15, 0.2) is 45.0 Å². The van der Waals surface area contributed by atoms with Gasteiger partial charge in [-0.15, -0.1) is 0 Å². The zero-order valence-electron chi connectivity index (χ0n) is 11.7. The molecule has 0 unspecified atom stereocenters. The number of anilines is 1. The smallest absolute Gasteiger partial charge is 0.270 e. The molecular formula is C15H7BrCl2N2O3S. The van der Waals surface area contributed by atoms with Crippen LogP contribution >= 0.6 is 51.3 Å². The first kappa shape index (κ1) is 17.2. The lowest BCUT2D eigenvalue weighted by atomic mass is 10.1. The summed E-state index contributed by atoms with van der Waals surface area (Å²) in [6.45, 7) is 0. The lowest BCUT2D eigenvalue weighted by Gasteiger charge is -2.29. The number of carbonyl (C=O) groups excluding carboxylic acids is 2. The van der Waals surface area contributed by atoms with Gasteiger partial charge in [0.2, 0.25) is 0 Å². The molecule has 1 aromatic carbocycles. The number of benzene rings is 1. The summed E-state index contributed by atoms with van der Waals surface area (Å²) in [5.74, 6) is -0.880. The molecule has 1 saturated heterocycles. The molecule has 9 heteroatoms. The Kier molecular flexibility index (Phi) is 4.78. The predicted octanol–water partition coefficient (Wildman–Crippen LogP) is 4.18. The Morgan fingerprint density at radius 2 is 1.96 bits per heavy atom. The van der Waals surface area contributed by atoms with Gasteiger partial charge in [-0.1, -0.05) is 23.2 Å². The molecule has 5 nitrogen and oxygen atoms in total. The van der Waals surface area contributed by atoms with Crippen LogP contribution in [0.5, 0.6) is 0 Å². The van der Waals surface area contributed by atoms with Gasteiger partial charge < -0.3 is 4.42 Å². The van der Waals surface area contributed by atoms with Crippen LogP contribution in [-0.4, -0.2) is 16.9 Å². The maximum atomic E-state index is 12.8. The second-order valence-electron chi connectivity index (χ2n) is 4.70. The third-order valence-corrected chi connectivity index (χ3v) is 4.38. The van der Waals surface area contributed by atoms with E-state index in [1.807, 2.05) is 0 Å². The summed E-state index contributed by atoms with van der Waals surface area (Å²) in [5, 5.41) is 3.05. The van der Waals surface area contributed by atoms with Crippen LogP contribution < -0.4 is 10.2 Å². The van der Waals surface area contributed by atoms with Gasteiger partial charge in [-0.2, -0.15) is 0 Å². The Hall–Kier alpha value is -1.67. The van der Waals surface area contributed by atoms with Crippen molar-refractivity contribution >= 4 is 80.0 Å². The van der Waals surface area contributed by atoms with Gasteiger partial charge in [0, 0.05) is 5.02 Å². The first-order chi connectivity index (χ1) is 11.4. The third kappa shape index (κ3) is 3.25. The van der Waals surface area contributed by atoms with Gasteiger partial charge in [-0.3, -0.25) is 19.8 Å². The van der Waals surface area contributed by atoms with Crippen LogP contribution in [0.1, 0.15) is 5.76 Å². The van der Waals surface area contributed by atoms with Gasteiger partial charge in [0.05, 0.1) is 10.7 Å². The highest BCUT2D eigenvalue weighted by molar-refractivity contribution is 9.10. The largest absolute Gasteiger partial charge is 0.450 e. The van der Waals surface area contributed by atoms with Crippen LogP contribution in [0, 0.1) is 0 Å². The summed E-state index contributed by atoms with van der Waals surface area (Å²) in [7, 11) is 0. The average molecular weight is 446 g/mol. The van der Waals surface area contributed by atoms with E-state index < -0.39 is 11.8 Å². The number of hydrogen-bond acceptors (Lipinski definition) is 4. The number of nitrogens with zero attached hydrogens (tertiary/aromatic N) is 1. The monoisotopic (exact) mass is 444 g/mol. The molecule has 1 fully saturated rings. The van der Waals surface area contributed by atoms with E-state index in [-0.39, 0.29) is 15.7 Å². The summed E-state index contributed by atoms with van der Waals surface area (Å²) in [6, 6.07) is 7.87. The molecular weight excluding hydrogens is 439 g/mol. The summed E-state index contributed by atoms with van der Waals surface area (Å²) < 4.78 is 5.78. The van der Waals surface area contributed by atoms with Gasteiger partial charge in [-0.05, 0) is 64.6 Å². The Bertz CT molecular complexity index is 910. The van der Waals surface area contributed by atoms with Crippen LogP contribution in [-0.2, 0) is 9.59 Å². The molecule has 1 aromatic heterocycles. The van der Waals surface area contributed by atoms with Crippen molar-refractivity contribution < 1.29 is 14.0 Å². The number of rotatable bonds is 2. The van der Waals surface area contributed by atoms with E-state index in [2.05, 4.69) is 21.2 Å². The van der Waals surface area contributed by atoms with Gasteiger partial charge >= 0.3 is 0 Å². The number of amides is 2. The lowest BCUT2D eigenvalue weighted by Crippen LogP contribution is -2.54. The maximum Gasteiger partial charge on any atom is 0.270 e. The van der Waals surface area contributed by atoms with Gasteiger partial charge in [-0.25, -0.2) is 0 Å². The van der Waals surface area contributed by atoms with E-state index in [4.69, 9.17) is 39.8 Å². The van der Waals surface area contributed by atoms with E-state index in [1.54, 1.807) is 24.3 Å². The van der Waals surface area contributed by atoms with Crippen molar-refractivity contribution in [1.29, 1.82) is 0 Å². The molecule has 1 aliphatic heterocycles. The second-order valence-corrected chi connectivity index (χ2v) is 6.71. The number of furan rings is 1.